The summed E-state index contributed by atoms with van der Waals surface area (Å²) in [6, 6.07) is 9.28. The number of carbonyl (C=O) groups is 1. The predicted molar refractivity (Wildman–Crippen MR) is 103 cm³/mol. The Hall–Kier alpha value is -2.16. The van der Waals surface area contributed by atoms with Crippen LogP contribution in [0.15, 0.2) is 40.0 Å². The third-order valence-electron chi connectivity index (χ3n) is 3.80. The van der Waals surface area contributed by atoms with Crippen molar-refractivity contribution < 1.29 is 9.53 Å². The Bertz CT molecular complexity index is 900. The molecule has 8 heteroatoms. The van der Waals surface area contributed by atoms with Crippen LogP contribution in [0.1, 0.15) is 11.3 Å². The van der Waals surface area contributed by atoms with Crippen LogP contribution >= 0.6 is 24.0 Å². The SMILES string of the molecule is COCCN1C(=O)/C(=C\c2c(C)[nH]n(-c3ccccc3)c2=O)SC1=S. The molecular weight excluding hydrogens is 358 g/mol. The molecule has 0 atom stereocenters. The smallest absolute Gasteiger partial charge is 0.278 e. The first-order valence-electron chi connectivity index (χ1n) is 7.64. The van der Waals surface area contributed by atoms with E-state index < -0.39 is 0 Å². The zero-order valence-corrected chi connectivity index (χ0v) is 15.4. The summed E-state index contributed by atoms with van der Waals surface area (Å²) in [5.74, 6) is -0.196. The number of hydrogen-bond acceptors (Lipinski definition) is 5. The minimum Gasteiger partial charge on any atom is -0.383 e. The summed E-state index contributed by atoms with van der Waals surface area (Å²) in [7, 11) is 1.57. The highest BCUT2D eigenvalue weighted by molar-refractivity contribution is 8.26. The number of rotatable bonds is 5. The molecule has 1 amide bonds. The first kappa shape index (κ1) is 17.7. The molecule has 25 heavy (non-hydrogen) atoms. The quantitative estimate of drug-likeness (QED) is 0.642. The van der Waals surface area contributed by atoms with Crippen LogP contribution < -0.4 is 5.56 Å². The maximum absolute atomic E-state index is 12.7. The number of benzene rings is 1. The van der Waals surface area contributed by atoms with Crippen LogP contribution in [0, 0.1) is 6.92 Å². The van der Waals surface area contributed by atoms with Crippen molar-refractivity contribution in [1.82, 2.24) is 14.7 Å². The van der Waals surface area contributed by atoms with Crippen LogP contribution in [0.5, 0.6) is 0 Å². The second-order valence-electron chi connectivity index (χ2n) is 5.45. The lowest BCUT2D eigenvalue weighted by molar-refractivity contribution is -0.122. The van der Waals surface area contributed by atoms with Gasteiger partial charge in [0.25, 0.3) is 11.5 Å². The molecule has 1 saturated heterocycles. The zero-order chi connectivity index (χ0) is 18.0. The fraction of sp³-hybridized carbons (Fsp3) is 0.235. The second kappa shape index (κ2) is 7.38. The Morgan fingerprint density at radius 3 is 2.68 bits per heavy atom. The second-order valence-corrected chi connectivity index (χ2v) is 7.13. The number of methoxy groups -OCH3 is 1. The molecule has 0 bridgehead atoms. The van der Waals surface area contributed by atoms with Crippen LogP contribution in [0.4, 0.5) is 0 Å². The molecule has 1 aromatic heterocycles. The highest BCUT2D eigenvalue weighted by atomic mass is 32.2. The summed E-state index contributed by atoms with van der Waals surface area (Å²) in [5, 5.41) is 3.05. The molecule has 1 aromatic carbocycles. The lowest BCUT2D eigenvalue weighted by Gasteiger charge is -2.12. The van der Waals surface area contributed by atoms with Gasteiger partial charge in [0.05, 0.1) is 29.3 Å². The highest BCUT2D eigenvalue weighted by Gasteiger charge is 2.32. The van der Waals surface area contributed by atoms with E-state index in [9.17, 15) is 9.59 Å². The Labute approximate surface area is 154 Å². The number of aromatic nitrogens is 2. The van der Waals surface area contributed by atoms with Gasteiger partial charge in [0.1, 0.15) is 4.32 Å². The number of nitrogens with zero attached hydrogens (tertiary/aromatic N) is 2. The van der Waals surface area contributed by atoms with E-state index in [2.05, 4.69) is 5.10 Å². The average Bonchev–Trinajstić information content (AvgIpc) is 3.04. The summed E-state index contributed by atoms with van der Waals surface area (Å²) in [5.41, 5.74) is 1.68. The van der Waals surface area contributed by atoms with Gasteiger partial charge in [0, 0.05) is 12.8 Å². The number of ether oxygens (including phenoxy) is 1. The Morgan fingerprint density at radius 2 is 2.00 bits per heavy atom. The van der Waals surface area contributed by atoms with Crippen LogP contribution in [-0.4, -0.2) is 45.2 Å². The maximum atomic E-state index is 12.7. The van der Waals surface area contributed by atoms with Crippen molar-refractivity contribution in [1.29, 1.82) is 0 Å². The summed E-state index contributed by atoms with van der Waals surface area (Å²) >= 11 is 6.45. The number of amides is 1. The van der Waals surface area contributed by atoms with Crippen molar-refractivity contribution in [3.63, 3.8) is 0 Å². The highest BCUT2D eigenvalue weighted by Crippen LogP contribution is 2.32. The van der Waals surface area contributed by atoms with E-state index in [0.717, 1.165) is 5.69 Å². The molecule has 2 heterocycles. The zero-order valence-electron chi connectivity index (χ0n) is 13.8. The molecule has 3 rings (SSSR count). The monoisotopic (exact) mass is 375 g/mol. The molecule has 0 saturated carbocycles. The van der Waals surface area contributed by atoms with Crippen LogP contribution in [0.2, 0.25) is 0 Å². The molecule has 1 N–H and O–H groups in total. The van der Waals surface area contributed by atoms with E-state index in [1.165, 1.54) is 21.3 Å². The van der Waals surface area contributed by atoms with E-state index in [-0.39, 0.29) is 11.5 Å². The number of carbonyl (C=O) groups excluding carboxylic acids is 1. The van der Waals surface area contributed by atoms with Gasteiger partial charge in [0.15, 0.2) is 0 Å². The van der Waals surface area contributed by atoms with E-state index in [4.69, 9.17) is 17.0 Å². The van der Waals surface area contributed by atoms with Crippen molar-refractivity contribution in [2.45, 2.75) is 6.92 Å². The number of nitrogens with one attached hydrogen (secondary N) is 1. The van der Waals surface area contributed by atoms with Crippen LogP contribution in [0.25, 0.3) is 11.8 Å². The minimum atomic E-state index is -0.203. The van der Waals surface area contributed by atoms with E-state index in [1.807, 2.05) is 30.3 Å². The predicted octanol–water partition coefficient (Wildman–Crippen LogP) is 2.32. The molecule has 6 nitrogen and oxygen atoms in total. The Balaban J connectivity index is 1.95. The van der Waals surface area contributed by atoms with E-state index in [1.54, 1.807) is 20.1 Å². The van der Waals surface area contributed by atoms with E-state index in [0.29, 0.717) is 33.6 Å². The van der Waals surface area contributed by atoms with Crippen molar-refractivity contribution in [2.75, 3.05) is 20.3 Å². The van der Waals surface area contributed by atoms with Crippen molar-refractivity contribution in [3.8, 4) is 5.69 Å². The molecule has 2 aromatic rings. The molecule has 0 spiro atoms. The van der Waals surface area contributed by atoms with Crippen LogP contribution in [-0.2, 0) is 9.53 Å². The van der Waals surface area contributed by atoms with Crippen molar-refractivity contribution in [2.24, 2.45) is 0 Å². The minimum absolute atomic E-state index is 0.196. The summed E-state index contributed by atoms with van der Waals surface area (Å²) in [6.07, 6.45) is 1.61. The first-order valence-corrected chi connectivity index (χ1v) is 8.86. The molecule has 0 aliphatic carbocycles. The number of aromatic amines is 1. The van der Waals surface area contributed by atoms with Gasteiger partial charge in [-0.1, -0.05) is 42.2 Å². The largest absolute Gasteiger partial charge is 0.383 e. The molecule has 0 radical (unpaired) electrons. The van der Waals surface area contributed by atoms with Crippen LogP contribution in [0.3, 0.4) is 0 Å². The van der Waals surface area contributed by atoms with Gasteiger partial charge in [-0.2, -0.15) is 0 Å². The van der Waals surface area contributed by atoms with E-state index >= 15 is 0 Å². The first-order chi connectivity index (χ1) is 12.0. The molecular formula is C17H17N3O3S2. The van der Waals surface area contributed by atoms with Gasteiger partial charge in [-0.3, -0.25) is 19.6 Å². The fourth-order valence-electron chi connectivity index (χ4n) is 2.49. The van der Waals surface area contributed by atoms with Gasteiger partial charge in [-0.05, 0) is 25.1 Å². The Morgan fingerprint density at radius 1 is 1.28 bits per heavy atom. The number of H-pyrrole nitrogens is 1. The average molecular weight is 375 g/mol. The van der Waals surface area contributed by atoms with Gasteiger partial charge in [-0.15, -0.1) is 0 Å². The third kappa shape index (κ3) is 3.46. The van der Waals surface area contributed by atoms with Gasteiger partial charge >= 0.3 is 0 Å². The third-order valence-corrected chi connectivity index (χ3v) is 5.18. The van der Waals surface area contributed by atoms with Crippen molar-refractivity contribution in [3.05, 3.63) is 56.8 Å². The van der Waals surface area contributed by atoms with Crippen molar-refractivity contribution >= 4 is 40.3 Å². The molecule has 1 fully saturated rings. The normalized spacial score (nSPS) is 16.2. The lowest BCUT2D eigenvalue weighted by Crippen LogP contribution is -2.31. The lowest BCUT2D eigenvalue weighted by atomic mass is 10.2. The molecule has 130 valence electrons. The summed E-state index contributed by atoms with van der Waals surface area (Å²) < 4.78 is 6.95. The number of thiocarbonyl (C=S) groups is 1. The molecule has 1 aliphatic rings. The standard InChI is InChI=1S/C17H17N3O3S2/c1-11-13(15(21)20(18-11)12-6-4-3-5-7-12)10-14-16(22)19(8-9-23-2)17(24)25-14/h3-7,10,18H,8-9H2,1-2H3/b14-10+. The number of aryl methyl sites for hydroxylation is 1. The molecule has 0 unspecified atom stereocenters. The fourth-order valence-corrected chi connectivity index (χ4v) is 3.79. The topological polar surface area (TPSA) is 67.3 Å². The molecule has 1 aliphatic heterocycles. The van der Waals surface area contributed by atoms with Gasteiger partial charge in [0.2, 0.25) is 0 Å². The van der Waals surface area contributed by atoms with Gasteiger partial charge in [-0.25, -0.2) is 4.68 Å². The summed E-state index contributed by atoms with van der Waals surface area (Å²) in [4.78, 5) is 27.2. The number of thioether (sulfide) groups is 1. The Kier molecular flexibility index (Phi) is 5.22. The maximum Gasteiger partial charge on any atom is 0.278 e. The summed E-state index contributed by atoms with van der Waals surface area (Å²) in [6.45, 7) is 2.61. The number of para-hydroxylation sites is 1. The van der Waals surface area contributed by atoms with Gasteiger partial charge < -0.3 is 4.74 Å². The number of hydrogen-bond donors (Lipinski definition) is 1.